The van der Waals surface area contributed by atoms with Gasteiger partial charge in [0, 0.05) is 6.20 Å². The van der Waals surface area contributed by atoms with Crippen LogP contribution in [0.3, 0.4) is 0 Å². The first kappa shape index (κ1) is 15.6. The van der Waals surface area contributed by atoms with Crippen LogP contribution >= 0.6 is 0 Å². The Morgan fingerprint density at radius 1 is 1.24 bits per heavy atom. The first-order valence-corrected chi connectivity index (χ1v) is 8.86. The number of rotatable bonds is 5. The van der Waals surface area contributed by atoms with Crippen LogP contribution in [-0.2, 0) is 10.0 Å². The summed E-state index contributed by atoms with van der Waals surface area (Å²) in [4.78, 5) is 0. The third-order valence-corrected chi connectivity index (χ3v) is 5.45. The quantitative estimate of drug-likeness (QED) is 0.837. The number of nitrogens with zero attached hydrogens (tertiary/aromatic N) is 2. The van der Waals surface area contributed by atoms with E-state index in [0.717, 1.165) is 29.5 Å². The monoisotopic (exact) mass is 304 g/mol. The molecule has 1 aliphatic rings. The molecule has 4 nitrogen and oxygen atoms in total. The van der Waals surface area contributed by atoms with Crippen molar-refractivity contribution in [1.82, 2.24) is 4.31 Å². The second-order valence-electron chi connectivity index (χ2n) is 5.17. The molecule has 0 fully saturated rings. The van der Waals surface area contributed by atoms with Crippen LogP contribution in [0.5, 0.6) is 0 Å². The van der Waals surface area contributed by atoms with Crippen molar-refractivity contribution in [2.75, 3.05) is 5.75 Å². The van der Waals surface area contributed by atoms with Crippen LogP contribution in [0.15, 0.2) is 30.5 Å². The van der Waals surface area contributed by atoms with Gasteiger partial charge in [0.05, 0.1) is 11.8 Å². The maximum Gasteiger partial charge on any atom is 0.236 e. The fraction of sp³-hybridized carbons (Fsp3) is 0.438. The molecule has 1 aliphatic heterocycles. The maximum absolute atomic E-state index is 12.4. The second kappa shape index (κ2) is 6.31. The summed E-state index contributed by atoms with van der Waals surface area (Å²) in [7, 11) is -3.45. The van der Waals surface area contributed by atoms with Crippen molar-refractivity contribution in [2.24, 2.45) is 0 Å². The molecule has 0 saturated carbocycles. The van der Waals surface area contributed by atoms with E-state index in [2.05, 4.69) is 13.0 Å². The maximum atomic E-state index is 12.4. The van der Waals surface area contributed by atoms with E-state index < -0.39 is 16.1 Å². The fourth-order valence-electron chi connectivity index (χ4n) is 2.66. The predicted molar refractivity (Wildman–Crippen MR) is 83.6 cm³/mol. The molecule has 1 atom stereocenters. The number of hydrogen-bond acceptors (Lipinski definition) is 3. The van der Waals surface area contributed by atoms with Gasteiger partial charge in [-0.2, -0.15) is 5.26 Å². The summed E-state index contributed by atoms with van der Waals surface area (Å²) in [5.74, 6) is 0.0588. The van der Waals surface area contributed by atoms with E-state index in [1.165, 1.54) is 4.31 Å². The van der Waals surface area contributed by atoms with Crippen LogP contribution in [0.2, 0.25) is 0 Å². The minimum Gasteiger partial charge on any atom is -0.255 e. The predicted octanol–water partition coefficient (Wildman–Crippen LogP) is 3.45. The van der Waals surface area contributed by atoms with Crippen molar-refractivity contribution in [2.45, 2.75) is 39.2 Å². The van der Waals surface area contributed by atoms with Gasteiger partial charge in [-0.25, -0.2) is 8.42 Å². The van der Waals surface area contributed by atoms with E-state index in [1.807, 2.05) is 31.2 Å². The number of sulfonamides is 1. The van der Waals surface area contributed by atoms with Crippen molar-refractivity contribution in [3.63, 3.8) is 0 Å². The van der Waals surface area contributed by atoms with Crippen molar-refractivity contribution in [3.05, 3.63) is 41.6 Å². The molecule has 2 rings (SSSR count). The number of benzene rings is 1. The van der Waals surface area contributed by atoms with E-state index in [4.69, 9.17) is 0 Å². The molecule has 112 valence electrons. The summed E-state index contributed by atoms with van der Waals surface area (Å²) in [6.07, 6.45) is 3.92. The third-order valence-electron chi connectivity index (χ3n) is 3.56. The highest BCUT2D eigenvalue weighted by molar-refractivity contribution is 7.89. The topological polar surface area (TPSA) is 61.2 Å². The van der Waals surface area contributed by atoms with Crippen molar-refractivity contribution in [1.29, 1.82) is 5.26 Å². The van der Waals surface area contributed by atoms with Crippen LogP contribution in [0.25, 0.3) is 5.57 Å². The number of nitriles is 1. The molecule has 1 heterocycles. The highest BCUT2D eigenvalue weighted by Crippen LogP contribution is 2.38. The molecule has 0 radical (unpaired) electrons. The van der Waals surface area contributed by atoms with E-state index >= 15 is 0 Å². The lowest BCUT2D eigenvalue weighted by atomic mass is 9.91. The molecule has 21 heavy (non-hydrogen) atoms. The van der Waals surface area contributed by atoms with Crippen molar-refractivity contribution in [3.8, 4) is 6.07 Å². The molecule has 1 aromatic rings. The molecule has 1 aromatic carbocycles. The first-order valence-electron chi connectivity index (χ1n) is 7.26. The van der Waals surface area contributed by atoms with E-state index in [1.54, 1.807) is 6.20 Å². The van der Waals surface area contributed by atoms with E-state index in [9.17, 15) is 13.7 Å². The smallest absolute Gasteiger partial charge is 0.236 e. The minimum atomic E-state index is -3.45. The molecular formula is C16H20N2O2S. The van der Waals surface area contributed by atoms with Gasteiger partial charge in [0.25, 0.3) is 0 Å². The minimum absolute atomic E-state index is 0.0588. The molecule has 0 aliphatic carbocycles. The zero-order valence-electron chi connectivity index (χ0n) is 12.4. The van der Waals surface area contributed by atoms with Gasteiger partial charge < -0.3 is 0 Å². The average Bonchev–Trinajstić information content (AvgIpc) is 2.47. The van der Waals surface area contributed by atoms with Gasteiger partial charge in [0.1, 0.15) is 0 Å². The van der Waals surface area contributed by atoms with Crippen molar-refractivity contribution < 1.29 is 8.42 Å². The fourth-order valence-corrected chi connectivity index (χ4v) is 4.16. The largest absolute Gasteiger partial charge is 0.255 e. The molecule has 5 heteroatoms. The second-order valence-corrected chi connectivity index (χ2v) is 7.16. The number of hydrogen-bond donors (Lipinski definition) is 0. The molecule has 0 aromatic heterocycles. The Labute approximate surface area is 126 Å². The van der Waals surface area contributed by atoms with Crippen LogP contribution in [-0.4, -0.2) is 18.5 Å². The Balaban J connectivity index is 2.58. The Bertz CT molecular complexity index is 686. The molecule has 1 unspecified atom stereocenters. The number of allylic oxidation sites excluding steroid dienone is 1. The zero-order chi connectivity index (χ0) is 15.5. The van der Waals surface area contributed by atoms with Crippen LogP contribution in [0.1, 0.15) is 50.3 Å². The van der Waals surface area contributed by atoms with Gasteiger partial charge in [-0.1, -0.05) is 44.5 Å². The van der Waals surface area contributed by atoms with Gasteiger partial charge >= 0.3 is 0 Å². The summed E-state index contributed by atoms with van der Waals surface area (Å²) < 4.78 is 26.1. The van der Waals surface area contributed by atoms with Crippen molar-refractivity contribution >= 4 is 15.6 Å². The summed E-state index contributed by atoms with van der Waals surface area (Å²) >= 11 is 0. The molecule has 0 bridgehead atoms. The van der Waals surface area contributed by atoms with Gasteiger partial charge in [-0.05, 0) is 29.5 Å². The van der Waals surface area contributed by atoms with Gasteiger partial charge in [-0.3, -0.25) is 4.31 Å². The van der Waals surface area contributed by atoms with Gasteiger partial charge in [0.2, 0.25) is 10.0 Å². The van der Waals surface area contributed by atoms with E-state index in [0.29, 0.717) is 6.42 Å². The highest BCUT2D eigenvalue weighted by atomic mass is 32.2. The Kier molecular flexibility index (Phi) is 4.69. The average molecular weight is 304 g/mol. The van der Waals surface area contributed by atoms with Crippen LogP contribution in [0, 0.1) is 11.3 Å². The normalized spacial score (nSPS) is 17.9. The summed E-state index contributed by atoms with van der Waals surface area (Å²) in [6.45, 7) is 3.89. The molecule has 0 N–H and O–H groups in total. The molecule has 0 spiro atoms. The summed E-state index contributed by atoms with van der Waals surface area (Å²) in [5, 5.41) is 9.47. The standard InChI is InChI=1S/C16H20N2O2S/c1-3-7-13-12-18(21(19,20)10-4-2)16(11-17)15-9-6-5-8-14(13)15/h5-6,8-9,12,16H,3-4,7,10H2,1-2H3. The lowest BCUT2D eigenvalue weighted by Gasteiger charge is -2.32. The Morgan fingerprint density at radius 3 is 2.57 bits per heavy atom. The summed E-state index contributed by atoms with van der Waals surface area (Å²) in [5.41, 5.74) is 2.76. The Hall–Kier alpha value is -1.80. The van der Waals surface area contributed by atoms with Crippen LogP contribution in [0.4, 0.5) is 0 Å². The zero-order valence-corrected chi connectivity index (χ0v) is 13.2. The molecule has 0 saturated heterocycles. The SMILES string of the molecule is CCCC1=CN(S(=O)(=O)CCC)C(C#N)c2ccccc21. The Morgan fingerprint density at radius 2 is 1.95 bits per heavy atom. The first-order chi connectivity index (χ1) is 10.0. The lowest BCUT2D eigenvalue weighted by Crippen LogP contribution is -2.34. The molecule has 0 amide bonds. The number of fused-ring (bicyclic) bond motifs is 1. The van der Waals surface area contributed by atoms with Crippen LogP contribution < -0.4 is 0 Å². The third kappa shape index (κ3) is 2.96. The van der Waals surface area contributed by atoms with Gasteiger partial charge in [0.15, 0.2) is 6.04 Å². The highest BCUT2D eigenvalue weighted by Gasteiger charge is 2.33. The summed E-state index contributed by atoms with van der Waals surface area (Å²) in [6, 6.07) is 8.96. The van der Waals surface area contributed by atoms with Gasteiger partial charge in [-0.15, -0.1) is 0 Å². The molecular weight excluding hydrogens is 284 g/mol. The lowest BCUT2D eigenvalue weighted by molar-refractivity contribution is 0.458. The van der Waals surface area contributed by atoms with E-state index in [-0.39, 0.29) is 5.75 Å².